The van der Waals surface area contributed by atoms with Gasteiger partial charge in [0, 0.05) is 7.05 Å². The van der Waals surface area contributed by atoms with Crippen molar-refractivity contribution in [2.24, 2.45) is 13.0 Å². The van der Waals surface area contributed by atoms with Crippen LogP contribution in [-0.2, 0) is 13.5 Å². The predicted molar refractivity (Wildman–Crippen MR) is 62.9 cm³/mol. The highest BCUT2D eigenvalue weighted by molar-refractivity contribution is 6.30. The summed E-state index contributed by atoms with van der Waals surface area (Å²) >= 11 is 6.02. The van der Waals surface area contributed by atoms with Gasteiger partial charge in [0.15, 0.2) is 5.15 Å². The minimum atomic E-state index is 0.515. The van der Waals surface area contributed by atoms with E-state index in [9.17, 15) is 0 Å². The number of imidazole rings is 1. The molecule has 1 aliphatic rings. The molecule has 0 saturated heterocycles. The standard InChI is InChI=1S/C11H18ClN3/c1-15-9(10(12)14-11(15)13)7-6-8-4-2-3-5-8/h8H,2-7H2,1H3,(H2,13,14). The molecule has 0 spiro atoms. The molecule has 2 N–H and O–H groups in total. The van der Waals surface area contributed by atoms with Crippen molar-refractivity contribution in [2.45, 2.75) is 38.5 Å². The summed E-state index contributed by atoms with van der Waals surface area (Å²) in [5.41, 5.74) is 6.78. The first-order valence-corrected chi connectivity index (χ1v) is 6.03. The van der Waals surface area contributed by atoms with Crippen molar-refractivity contribution in [1.82, 2.24) is 9.55 Å². The Morgan fingerprint density at radius 3 is 2.67 bits per heavy atom. The van der Waals surface area contributed by atoms with E-state index in [0.29, 0.717) is 11.1 Å². The highest BCUT2D eigenvalue weighted by Gasteiger charge is 2.17. The fourth-order valence-corrected chi connectivity index (χ4v) is 2.74. The van der Waals surface area contributed by atoms with Gasteiger partial charge >= 0.3 is 0 Å². The Balaban J connectivity index is 1.97. The Morgan fingerprint density at radius 1 is 1.47 bits per heavy atom. The summed E-state index contributed by atoms with van der Waals surface area (Å²) in [6.45, 7) is 0. The second-order valence-corrected chi connectivity index (χ2v) is 4.81. The number of rotatable bonds is 3. The van der Waals surface area contributed by atoms with Gasteiger partial charge in [-0.3, -0.25) is 0 Å². The average Bonchev–Trinajstić information content (AvgIpc) is 2.76. The summed E-state index contributed by atoms with van der Waals surface area (Å²) in [6.07, 6.45) is 7.77. The first-order valence-electron chi connectivity index (χ1n) is 5.65. The molecule has 0 atom stereocenters. The summed E-state index contributed by atoms with van der Waals surface area (Å²) < 4.78 is 1.90. The zero-order valence-corrected chi connectivity index (χ0v) is 9.93. The Kier molecular flexibility index (Phi) is 3.19. The lowest BCUT2D eigenvalue weighted by Crippen LogP contribution is -2.04. The maximum absolute atomic E-state index is 6.02. The molecular formula is C11H18ClN3. The highest BCUT2D eigenvalue weighted by Crippen LogP contribution is 2.30. The topological polar surface area (TPSA) is 43.8 Å². The monoisotopic (exact) mass is 227 g/mol. The van der Waals surface area contributed by atoms with Crippen LogP contribution < -0.4 is 5.73 Å². The van der Waals surface area contributed by atoms with Gasteiger partial charge in [0.1, 0.15) is 0 Å². The van der Waals surface area contributed by atoms with E-state index in [1.54, 1.807) is 0 Å². The van der Waals surface area contributed by atoms with Crippen LogP contribution in [-0.4, -0.2) is 9.55 Å². The number of nitrogens with two attached hydrogens (primary N) is 1. The van der Waals surface area contributed by atoms with Crippen molar-refractivity contribution in [3.05, 3.63) is 10.8 Å². The highest BCUT2D eigenvalue weighted by atomic mass is 35.5. The van der Waals surface area contributed by atoms with Crippen molar-refractivity contribution in [3.63, 3.8) is 0 Å². The van der Waals surface area contributed by atoms with E-state index < -0.39 is 0 Å². The number of halogens is 1. The van der Waals surface area contributed by atoms with E-state index in [0.717, 1.165) is 18.0 Å². The SMILES string of the molecule is Cn1c(N)nc(Cl)c1CCC1CCCC1. The summed E-state index contributed by atoms with van der Waals surface area (Å²) in [5.74, 6) is 1.40. The molecule has 1 saturated carbocycles. The maximum Gasteiger partial charge on any atom is 0.201 e. The second kappa shape index (κ2) is 4.44. The maximum atomic E-state index is 6.02. The smallest absolute Gasteiger partial charge is 0.201 e. The molecule has 1 fully saturated rings. The van der Waals surface area contributed by atoms with E-state index in [1.807, 2.05) is 11.6 Å². The lowest BCUT2D eigenvalue weighted by Gasteiger charge is -2.09. The van der Waals surface area contributed by atoms with Crippen molar-refractivity contribution < 1.29 is 0 Å². The summed E-state index contributed by atoms with van der Waals surface area (Å²) in [7, 11) is 1.93. The van der Waals surface area contributed by atoms with E-state index in [-0.39, 0.29) is 0 Å². The normalized spacial score (nSPS) is 17.5. The Bertz CT molecular complexity index is 340. The molecule has 4 heteroatoms. The lowest BCUT2D eigenvalue weighted by atomic mass is 10.0. The molecular weight excluding hydrogens is 210 g/mol. The van der Waals surface area contributed by atoms with E-state index in [4.69, 9.17) is 17.3 Å². The largest absolute Gasteiger partial charge is 0.369 e. The predicted octanol–water partition coefficient (Wildman–Crippen LogP) is 2.78. The lowest BCUT2D eigenvalue weighted by molar-refractivity contribution is 0.497. The van der Waals surface area contributed by atoms with Crippen LogP contribution in [0.3, 0.4) is 0 Å². The molecule has 0 aromatic carbocycles. The number of nitrogens with zero attached hydrogens (tertiary/aromatic N) is 2. The molecule has 2 rings (SSSR count). The molecule has 15 heavy (non-hydrogen) atoms. The summed E-state index contributed by atoms with van der Waals surface area (Å²) in [5, 5.41) is 0.577. The molecule has 0 aliphatic heterocycles. The third-order valence-corrected chi connectivity index (χ3v) is 3.77. The molecule has 0 bridgehead atoms. The number of hydrogen-bond donors (Lipinski definition) is 1. The Hall–Kier alpha value is -0.700. The van der Waals surface area contributed by atoms with Crippen LogP contribution in [0.25, 0.3) is 0 Å². The van der Waals surface area contributed by atoms with Crippen LogP contribution in [0.4, 0.5) is 5.95 Å². The van der Waals surface area contributed by atoms with E-state index >= 15 is 0 Å². The van der Waals surface area contributed by atoms with Crippen LogP contribution >= 0.6 is 11.6 Å². The minimum absolute atomic E-state index is 0.515. The third-order valence-electron chi connectivity index (χ3n) is 3.46. The summed E-state index contributed by atoms with van der Waals surface area (Å²) in [4.78, 5) is 4.06. The van der Waals surface area contributed by atoms with Crippen LogP contribution in [0.15, 0.2) is 0 Å². The minimum Gasteiger partial charge on any atom is -0.369 e. The van der Waals surface area contributed by atoms with Crippen LogP contribution in [0.2, 0.25) is 5.15 Å². The van der Waals surface area contributed by atoms with E-state index in [2.05, 4.69) is 4.98 Å². The Labute approximate surface area is 95.6 Å². The molecule has 3 nitrogen and oxygen atoms in total. The van der Waals surface area contributed by atoms with Crippen LogP contribution in [0.5, 0.6) is 0 Å². The molecule has 1 aromatic rings. The number of nitrogen functional groups attached to an aromatic ring is 1. The first kappa shape index (κ1) is 10.8. The zero-order valence-electron chi connectivity index (χ0n) is 9.17. The van der Waals surface area contributed by atoms with Gasteiger partial charge in [-0.15, -0.1) is 0 Å². The number of hydrogen-bond acceptors (Lipinski definition) is 2. The quantitative estimate of drug-likeness (QED) is 0.863. The zero-order chi connectivity index (χ0) is 10.8. The van der Waals surface area contributed by atoms with Gasteiger partial charge in [0.2, 0.25) is 5.95 Å². The summed E-state index contributed by atoms with van der Waals surface area (Å²) in [6, 6.07) is 0. The van der Waals surface area contributed by atoms with E-state index in [1.165, 1.54) is 32.1 Å². The fourth-order valence-electron chi connectivity index (χ4n) is 2.43. The molecule has 0 amide bonds. The molecule has 1 aliphatic carbocycles. The number of anilines is 1. The van der Waals surface area contributed by atoms with Crippen LogP contribution in [0, 0.1) is 5.92 Å². The van der Waals surface area contributed by atoms with Gasteiger partial charge < -0.3 is 10.3 Å². The first-order chi connectivity index (χ1) is 7.18. The molecule has 1 heterocycles. The van der Waals surface area contributed by atoms with Crippen LogP contribution in [0.1, 0.15) is 37.8 Å². The molecule has 84 valence electrons. The van der Waals surface area contributed by atoms with Crippen molar-refractivity contribution in [3.8, 4) is 0 Å². The Morgan fingerprint density at radius 2 is 2.13 bits per heavy atom. The second-order valence-electron chi connectivity index (χ2n) is 4.46. The fraction of sp³-hybridized carbons (Fsp3) is 0.727. The van der Waals surface area contributed by atoms with Gasteiger partial charge in [-0.25, -0.2) is 4.98 Å². The molecule has 1 aromatic heterocycles. The van der Waals surface area contributed by atoms with Crippen molar-refractivity contribution >= 4 is 17.5 Å². The molecule has 0 unspecified atom stereocenters. The van der Waals surface area contributed by atoms with Gasteiger partial charge in [-0.05, 0) is 18.8 Å². The third kappa shape index (κ3) is 2.28. The van der Waals surface area contributed by atoms with Gasteiger partial charge in [-0.1, -0.05) is 37.3 Å². The average molecular weight is 228 g/mol. The van der Waals surface area contributed by atoms with Gasteiger partial charge in [-0.2, -0.15) is 0 Å². The van der Waals surface area contributed by atoms with Crippen molar-refractivity contribution in [2.75, 3.05) is 5.73 Å². The number of aromatic nitrogens is 2. The van der Waals surface area contributed by atoms with Crippen molar-refractivity contribution in [1.29, 1.82) is 0 Å². The molecule has 0 radical (unpaired) electrons. The van der Waals surface area contributed by atoms with Gasteiger partial charge in [0.05, 0.1) is 5.69 Å². The van der Waals surface area contributed by atoms with Gasteiger partial charge in [0.25, 0.3) is 0 Å².